The van der Waals surface area contributed by atoms with Crippen LogP contribution >= 0.6 is 0 Å². The van der Waals surface area contributed by atoms with Gasteiger partial charge >= 0.3 is 0 Å². The minimum atomic E-state index is -0.138. The lowest BCUT2D eigenvalue weighted by atomic mass is 9.35. The van der Waals surface area contributed by atoms with E-state index in [0.29, 0.717) is 0 Å². The first kappa shape index (κ1) is 48.5. The van der Waals surface area contributed by atoms with Crippen molar-refractivity contribution in [2.75, 3.05) is 9.80 Å². The van der Waals surface area contributed by atoms with Gasteiger partial charge in [0.1, 0.15) is 5.58 Å². The van der Waals surface area contributed by atoms with E-state index in [1.54, 1.807) is 0 Å². The van der Waals surface area contributed by atoms with Crippen molar-refractivity contribution in [1.29, 1.82) is 0 Å². The molecule has 0 radical (unpaired) electrons. The van der Waals surface area contributed by atoms with E-state index in [4.69, 9.17) is 4.42 Å². The second-order valence-electron chi connectivity index (χ2n) is 28.8. The average molecular weight is 965 g/mol. The normalized spacial score (nSPS) is 20.2. The molecule has 0 fully saturated rings. The summed E-state index contributed by atoms with van der Waals surface area (Å²) >= 11 is 0. The van der Waals surface area contributed by atoms with Gasteiger partial charge in [-0.2, -0.15) is 0 Å². The third kappa shape index (κ3) is 7.10. The van der Waals surface area contributed by atoms with Crippen molar-refractivity contribution >= 4 is 68.4 Å². The standard InChI is InChI=1S/C69H81BN2O/c1-40-32-56-60-57(33-40)72(55-38-51-49(66(11,12)28-30-68(51,15)16)36-45(55)59-41(2)20-19-21-42(59)3)54-25-22-43(63(4,5)6)34-53(54)70(60)62-61(46-37-50-52(39-58(46)73-62)69(17,18)31-29-67(50,13)14)71(56)44-23-24-47-48(35-44)65(9,10)27-26-64(47,7)8/h19-25,32-39H,26-31H2,1-18H3. The lowest BCUT2D eigenvalue weighted by molar-refractivity contribution is 0.332. The van der Waals surface area contributed by atoms with Crippen molar-refractivity contribution in [3.63, 3.8) is 0 Å². The van der Waals surface area contributed by atoms with Crippen molar-refractivity contribution in [2.45, 2.75) is 201 Å². The zero-order valence-electron chi connectivity index (χ0n) is 47.8. The third-order valence-corrected chi connectivity index (χ3v) is 19.7. The zero-order chi connectivity index (χ0) is 52.1. The molecule has 0 unspecified atom stereocenters. The second-order valence-corrected chi connectivity index (χ2v) is 28.8. The van der Waals surface area contributed by atoms with Crippen LogP contribution in [-0.4, -0.2) is 6.71 Å². The molecule has 0 atom stereocenters. The second kappa shape index (κ2) is 15.3. The highest BCUT2D eigenvalue weighted by Gasteiger charge is 2.50. The van der Waals surface area contributed by atoms with Crippen molar-refractivity contribution in [1.82, 2.24) is 0 Å². The maximum absolute atomic E-state index is 7.75. The van der Waals surface area contributed by atoms with Crippen molar-refractivity contribution in [3.8, 4) is 11.1 Å². The first-order valence-electron chi connectivity index (χ1n) is 27.9. The Labute approximate surface area is 439 Å². The Hall–Kier alpha value is -5.48. The number of benzene rings is 6. The van der Waals surface area contributed by atoms with Gasteiger partial charge in [-0.1, -0.05) is 140 Å². The van der Waals surface area contributed by atoms with Crippen LogP contribution in [0.25, 0.3) is 22.1 Å². The van der Waals surface area contributed by atoms with E-state index in [1.165, 1.54) is 130 Å². The van der Waals surface area contributed by atoms with Gasteiger partial charge in [0.15, 0.2) is 0 Å². The topological polar surface area (TPSA) is 19.6 Å². The molecule has 0 N–H and O–H groups in total. The summed E-state index contributed by atoms with van der Waals surface area (Å²) in [7, 11) is 0. The Morgan fingerprint density at radius 3 is 1.56 bits per heavy atom. The minimum absolute atomic E-state index is 0.0131. The van der Waals surface area contributed by atoms with Gasteiger partial charge in [-0.25, -0.2) is 0 Å². The van der Waals surface area contributed by atoms with E-state index in [9.17, 15) is 0 Å². The molecule has 0 bridgehead atoms. The molecule has 3 nitrogen and oxygen atoms in total. The van der Waals surface area contributed by atoms with E-state index in [2.05, 4.69) is 225 Å². The molecule has 1 aromatic heterocycles. The Morgan fingerprint density at radius 2 is 0.986 bits per heavy atom. The van der Waals surface area contributed by atoms with Gasteiger partial charge in [-0.3, -0.25) is 0 Å². The van der Waals surface area contributed by atoms with Crippen LogP contribution in [0.2, 0.25) is 0 Å². The molecule has 0 spiro atoms. The molecule has 5 aliphatic rings. The van der Waals surface area contributed by atoms with Crippen molar-refractivity contribution < 1.29 is 4.42 Å². The predicted molar refractivity (Wildman–Crippen MR) is 314 cm³/mol. The molecule has 376 valence electrons. The van der Waals surface area contributed by atoms with Crippen LogP contribution in [0.15, 0.2) is 95.4 Å². The molecule has 73 heavy (non-hydrogen) atoms. The largest absolute Gasteiger partial charge is 0.468 e. The van der Waals surface area contributed by atoms with Gasteiger partial charge in [-0.15, -0.1) is 0 Å². The lowest BCUT2D eigenvalue weighted by Gasteiger charge is -2.46. The molecule has 7 aromatic rings. The Balaban J connectivity index is 1.23. The predicted octanol–water partition coefficient (Wildman–Crippen LogP) is 17.5. The quantitative estimate of drug-likeness (QED) is 0.165. The SMILES string of the molecule is Cc1cc2c3c(c1)N(c1ccc4c(c1)C(C)(C)CCC4(C)C)c1c(oc4cc5c(cc14)C(C)(C)CCC5(C)C)B3c1cc(C(C)(C)C)ccc1N2c1cc2c(cc1-c1c(C)cccc1C)C(C)(C)CCC2(C)C. The van der Waals surface area contributed by atoms with Crippen LogP contribution in [0.1, 0.15) is 198 Å². The maximum atomic E-state index is 7.75. The van der Waals surface area contributed by atoms with Crippen molar-refractivity contribution in [2.24, 2.45) is 0 Å². The first-order valence-corrected chi connectivity index (χ1v) is 27.9. The van der Waals surface area contributed by atoms with Crippen LogP contribution in [0, 0.1) is 20.8 Å². The Morgan fingerprint density at radius 1 is 0.479 bits per heavy atom. The summed E-state index contributed by atoms with van der Waals surface area (Å²) in [6.45, 7) is 43.5. The molecule has 12 rings (SSSR count). The van der Waals surface area contributed by atoms with Crippen LogP contribution < -0.4 is 26.4 Å². The molecule has 2 aliphatic heterocycles. The van der Waals surface area contributed by atoms with E-state index in [0.717, 1.165) is 36.9 Å². The molecular weight excluding hydrogens is 884 g/mol. The smallest absolute Gasteiger partial charge is 0.297 e. The molecular formula is C69H81BN2O. The molecule has 0 saturated heterocycles. The maximum Gasteiger partial charge on any atom is 0.297 e. The monoisotopic (exact) mass is 965 g/mol. The molecule has 0 amide bonds. The van der Waals surface area contributed by atoms with Crippen LogP contribution in [0.5, 0.6) is 0 Å². The van der Waals surface area contributed by atoms with E-state index >= 15 is 0 Å². The number of anilines is 6. The van der Waals surface area contributed by atoms with Gasteiger partial charge < -0.3 is 14.2 Å². The fraction of sp³-hybridized carbons (Fsp3) is 0.449. The summed E-state index contributed by atoms with van der Waals surface area (Å²) in [6, 6.07) is 37.1. The summed E-state index contributed by atoms with van der Waals surface area (Å²) in [5.74, 6) is 0. The zero-order valence-corrected chi connectivity index (χ0v) is 47.8. The molecule has 4 heteroatoms. The van der Waals surface area contributed by atoms with Crippen LogP contribution in [-0.2, 0) is 37.9 Å². The van der Waals surface area contributed by atoms with Gasteiger partial charge in [0.05, 0.1) is 17.0 Å². The number of nitrogens with zero attached hydrogens (tertiary/aromatic N) is 2. The molecule has 6 aromatic carbocycles. The average Bonchev–Trinajstić information content (AvgIpc) is 3.68. The molecule has 3 heterocycles. The van der Waals surface area contributed by atoms with Gasteiger partial charge in [0, 0.05) is 33.7 Å². The van der Waals surface area contributed by atoms with E-state index < -0.39 is 0 Å². The number of hydrogen-bond acceptors (Lipinski definition) is 3. The third-order valence-electron chi connectivity index (χ3n) is 19.7. The lowest BCUT2D eigenvalue weighted by Crippen LogP contribution is -2.61. The Bertz CT molecular complexity index is 3490. The number of rotatable bonds is 3. The summed E-state index contributed by atoms with van der Waals surface area (Å²) < 4.78 is 7.75. The number of fused-ring (bicyclic) bond motifs is 9. The number of aryl methyl sites for hydroxylation is 3. The van der Waals surface area contributed by atoms with Gasteiger partial charge in [-0.05, 0) is 224 Å². The van der Waals surface area contributed by atoms with E-state index in [1.807, 2.05) is 0 Å². The van der Waals surface area contributed by atoms with Gasteiger partial charge in [0.2, 0.25) is 0 Å². The number of furan rings is 1. The highest BCUT2D eigenvalue weighted by atomic mass is 16.3. The van der Waals surface area contributed by atoms with Crippen LogP contribution in [0.3, 0.4) is 0 Å². The minimum Gasteiger partial charge on any atom is -0.468 e. The molecule has 3 aliphatic carbocycles. The van der Waals surface area contributed by atoms with Gasteiger partial charge in [0.25, 0.3) is 6.71 Å². The fourth-order valence-electron chi connectivity index (χ4n) is 14.6. The van der Waals surface area contributed by atoms with E-state index in [-0.39, 0.29) is 44.6 Å². The summed E-state index contributed by atoms with van der Waals surface area (Å²) in [6.07, 6.45) is 6.98. The molecule has 0 saturated carbocycles. The summed E-state index contributed by atoms with van der Waals surface area (Å²) in [5.41, 5.74) is 29.0. The highest BCUT2D eigenvalue weighted by Crippen LogP contribution is 2.56. The first-order chi connectivity index (χ1) is 34.0. The summed E-state index contributed by atoms with van der Waals surface area (Å²) in [4.78, 5) is 5.37. The van der Waals surface area contributed by atoms with Crippen molar-refractivity contribution in [3.05, 3.63) is 147 Å². The Kier molecular flexibility index (Phi) is 10.2. The van der Waals surface area contributed by atoms with Crippen LogP contribution in [0.4, 0.5) is 34.1 Å². The number of hydrogen-bond donors (Lipinski definition) is 0. The fourth-order valence-corrected chi connectivity index (χ4v) is 14.6. The highest BCUT2D eigenvalue weighted by molar-refractivity contribution is 7.00. The summed E-state index contributed by atoms with van der Waals surface area (Å²) in [5, 5.41) is 1.22.